The van der Waals surface area contributed by atoms with Crippen LogP contribution in [0.25, 0.3) is 11.0 Å². The summed E-state index contributed by atoms with van der Waals surface area (Å²) >= 11 is 0. The molecule has 0 bridgehead atoms. The molecule has 3 rings (SSSR count). The van der Waals surface area contributed by atoms with Gasteiger partial charge in [-0.1, -0.05) is 0 Å². The van der Waals surface area contributed by atoms with Crippen LogP contribution in [-0.4, -0.2) is 37.0 Å². The molecule has 2 aromatic rings. The lowest BCUT2D eigenvalue weighted by Crippen LogP contribution is -2.46. The summed E-state index contributed by atoms with van der Waals surface area (Å²) in [6, 6.07) is 8.97. The first kappa shape index (κ1) is 11.8. The number of benzene rings is 1. The summed E-state index contributed by atoms with van der Waals surface area (Å²) in [6.07, 6.45) is 0. The van der Waals surface area contributed by atoms with Gasteiger partial charge in [0.2, 0.25) is 0 Å². The number of piperazine rings is 1. The zero-order chi connectivity index (χ0) is 13.2. The van der Waals surface area contributed by atoms with E-state index in [1.165, 1.54) is 0 Å². The van der Waals surface area contributed by atoms with Gasteiger partial charge in [-0.05, 0) is 24.3 Å². The van der Waals surface area contributed by atoms with Crippen LogP contribution in [0.2, 0.25) is 0 Å². The van der Waals surface area contributed by atoms with Crippen LogP contribution in [0.15, 0.2) is 28.7 Å². The van der Waals surface area contributed by atoms with Crippen molar-refractivity contribution in [3.05, 3.63) is 35.6 Å². The molecule has 96 valence electrons. The molecule has 0 atom stereocenters. The summed E-state index contributed by atoms with van der Waals surface area (Å²) in [5, 5.41) is 12.9. The number of carbonyl (C=O) groups is 1. The molecule has 5 nitrogen and oxygen atoms in total. The third-order valence-electron chi connectivity index (χ3n) is 3.26. The Hall–Kier alpha value is -2.32. The van der Waals surface area contributed by atoms with Crippen LogP contribution in [0, 0.1) is 11.3 Å². The molecule has 1 aromatic carbocycles. The highest BCUT2D eigenvalue weighted by Gasteiger charge is 2.21. The van der Waals surface area contributed by atoms with Gasteiger partial charge in [0, 0.05) is 31.6 Å². The average Bonchev–Trinajstić information content (AvgIpc) is 2.90. The molecule has 0 radical (unpaired) electrons. The summed E-state index contributed by atoms with van der Waals surface area (Å²) in [6.45, 7) is 3.01. The monoisotopic (exact) mass is 255 g/mol. The van der Waals surface area contributed by atoms with E-state index in [1.54, 1.807) is 29.2 Å². The van der Waals surface area contributed by atoms with Crippen LogP contribution < -0.4 is 5.32 Å². The predicted molar refractivity (Wildman–Crippen MR) is 69.7 cm³/mol. The highest BCUT2D eigenvalue weighted by Crippen LogP contribution is 2.21. The maximum Gasteiger partial charge on any atom is 0.289 e. The van der Waals surface area contributed by atoms with Crippen molar-refractivity contribution in [2.45, 2.75) is 0 Å². The first-order chi connectivity index (χ1) is 9.28. The van der Waals surface area contributed by atoms with Crippen LogP contribution in [0.3, 0.4) is 0 Å². The Morgan fingerprint density at radius 1 is 1.32 bits per heavy atom. The van der Waals surface area contributed by atoms with Gasteiger partial charge in [0.1, 0.15) is 5.58 Å². The van der Waals surface area contributed by atoms with Crippen LogP contribution >= 0.6 is 0 Å². The Balaban J connectivity index is 1.92. The van der Waals surface area contributed by atoms with Gasteiger partial charge in [0.15, 0.2) is 5.76 Å². The van der Waals surface area contributed by atoms with Gasteiger partial charge in [0.05, 0.1) is 11.6 Å². The number of nitrogens with one attached hydrogen (secondary N) is 1. The summed E-state index contributed by atoms with van der Waals surface area (Å²) in [5.74, 6) is 0.253. The van der Waals surface area contributed by atoms with Crippen LogP contribution in [0.4, 0.5) is 0 Å². The minimum absolute atomic E-state index is 0.0868. The largest absolute Gasteiger partial charge is 0.451 e. The van der Waals surface area contributed by atoms with E-state index in [0.29, 0.717) is 30.0 Å². The topological polar surface area (TPSA) is 69.3 Å². The van der Waals surface area contributed by atoms with Crippen molar-refractivity contribution in [1.29, 1.82) is 5.26 Å². The smallest absolute Gasteiger partial charge is 0.289 e. The minimum atomic E-state index is -0.0868. The standard InChI is InChI=1S/C14H13N3O2/c15-9-10-1-2-11-8-13(19-12(11)7-10)14(18)17-5-3-16-4-6-17/h1-2,7-8,16H,3-6H2. The van der Waals surface area contributed by atoms with Crippen LogP contribution in [0.5, 0.6) is 0 Å². The second kappa shape index (κ2) is 4.75. The molecule has 1 N–H and O–H groups in total. The van der Waals surface area contributed by atoms with Crippen molar-refractivity contribution < 1.29 is 9.21 Å². The van der Waals surface area contributed by atoms with Gasteiger partial charge in [-0.25, -0.2) is 0 Å². The lowest BCUT2D eigenvalue weighted by Gasteiger charge is -2.26. The molecule has 0 unspecified atom stereocenters. The fourth-order valence-corrected chi connectivity index (χ4v) is 2.23. The van der Waals surface area contributed by atoms with Crippen molar-refractivity contribution in [2.75, 3.05) is 26.2 Å². The van der Waals surface area contributed by atoms with E-state index >= 15 is 0 Å². The summed E-state index contributed by atoms with van der Waals surface area (Å²) in [7, 11) is 0. The molecule has 1 aromatic heterocycles. The van der Waals surface area contributed by atoms with E-state index in [4.69, 9.17) is 9.68 Å². The average molecular weight is 255 g/mol. The molecule has 0 spiro atoms. The minimum Gasteiger partial charge on any atom is -0.451 e. The number of carbonyl (C=O) groups excluding carboxylic acids is 1. The molecule has 1 fully saturated rings. The highest BCUT2D eigenvalue weighted by atomic mass is 16.3. The second-order valence-electron chi connectivity index (χ2n) is 4.52. The number of hydrogen-bond acceptors (Lipinski definition) is 4. The Labute approximate surface area is 110 Å². The molecule has 2 heterocycles. The van der Waals surface area contributed by atoms with Crippen molar-refractivity contribution in [2.24, 2.45) is 0 Å². The lowest BCUT2D eigenvalue weighted by atomic mass is 10.2. The highest BCUT2D eigenvalue weighted by molar-refractivity contribution is 5.96. The van der Waals surface area contributed by atoms with Crippen LogP contribution in [-0.2, 0) is 0 Å². The summed E-state index contributed by atoms with van der Waals surface area (Å²) in [5.41, 5.74) is 1.11. The first-order valence-corrected chi connectivity index (χ1v) is 6.21. The second-order valence-corrected chi connectivity index (χ2v) is 4.52. The van der Waals surface area contributed by atoms with Gasteiger partial charge in [-0.3, -0.25) is 4.79 Å². The molecule has 1 saturated heterocycles. The Kier molecular flexibility index (Phi) is 2.94. The number of rotatable bonds is 1. The van der Waals surface area contributed by atoms with Crippen molar-refractivity contribution in [3.63, 3.8) is 0 Å². The lowest BCUT2D eigenvalue weighted by molar-refractivity contribution is 0.0706. The molecule has 1 aliphatic rings. The molecule has 19 heavy (non-hydrogen) atoms. The molecular weight excluding hydrogens is 242 g/mol. The van der Waals surface area contributed by atoms with Crippen molar-refractivity contribution >= 4 is 16.9 Å². The maximum absolute atomic E-state index is 12.3. The van der Waals surface area contributed by atoms with Crippen LogP contribution in [0.1, 0.15) is 16.1 Å². The quantitative estimate of drug-likeness (QED) is 0.835. The van der Waals surface area contributed by atoms with E-state index in [-0.39, 0.29) is 5.91 Å². The van der Waals surface area contributed by atoms with Gasteiger partial charge in [0.25, 0.3) is 5.91 Å². The molecule has 0 aliphatic carbocycles. The normalized spacial score (nSPS) is 15.4. The Morgan fingerprint density at radius 3 is 2.84 bits per heavy atom. The third kappa shape index (κ3) is 2.18. The SMILES string of the molecule is N#Cc1ccc2cc(C(=O)N3CCNCC3)oc2c1. The van der Waals surface area contributed by atoms with E-state index in [1.807, 2.05) is 0 Å². The Bertz CT molecular complexity index is 663. The number of fused-ring (bicyclic) bond motifs is 1. The fraction of sp³-hybridized carbons (Fsp3) is 0.286. The third-order valence-corrected chi connectivity index (χ3v) is 3.26. The number of nitriles is 1. The van der Waals surface area contributed by atoms with Gasteiger partial charge in [-0.2, -0.15) is 5.26 Å². The molecule has 1 amide bonds. The number of furan rings is 1. The summed E-state index contributed by atoms with van der Waals surface area (Å²) in [4.78, 5) is 14.0. The summed E-state index contributed by atoms with van der Waals surface area (Å²) < 4.78 is 5.56. The van der Waals surface area contributed by atoms with Gasteiger partial charge >= 0.3 is 0 Å². The van der Waals surface area contributed by atoms with E-state index in [2.05, 4.69) is 11.4 Å². The zero-order valence-corrected chi connectivity index (χ0v) is 10.3. The first-order valence-electron chi connectivity index (χ1n) is 6.21. The van der Waals surface area contributed by atoms with Crippen molar-refractivity contribution in [3.8, 4) is 6.07 Å². The van der Waals surface area contributed by atoms with Crippen molar-refractivity contribution in [1.82, 2.24) is 10.2 Å². The number of hydrogen-bond donors (Lipinski definition) is 1. The maximum atomic E-state index is 12.3. The predicted octanol–water partition coefficient (Wildman–Crippen LogP) is 1.35. The molecular formula is C14H13N3O2. The number of amides is 1. The number of nitrogens with zero attached hydrogens (tertiary/aromatic N) is 2. The van der Waals surface area contributed by atoms with E-state index in [9.17, 15) is 4.79 Å². The molecule has 1 aliphatic heterocycles. The molecule has 5 heteroatoms. The van der Waals surface area contributed by atoms with Gasteiger partial charge < -0.3 is 14.6 Å². The van der Waals surface area contributed by atoms with Gasteiger partial charge in [-0.15, -0.1) is 0 Å². The van der Waals surface area contributed by atoms with E-state index in [0.717, 1.165) is 18.5 Å². The zero-order valence-electron chi connectivity index (χ0n) is 10.3. The fourth-order valence-electron chi connectivity index (χ4n) is 2.23. The Morgan fingerprint density at radius 2 is 2.11 bits per heavy atom. The molecule has 0 saturated carbocycles. The van der Waals surface area contributed by atoms with E-state index < -0.39 is 0 Å².